The minimum absolute atomic E-state index is 0.126. The van der Waals surface area contributed by atoms with Crippen LogP contribution in [0.2, 0.25) is 0 Å². The molecule has 1 fully saturated rings. The van der Waals surface area contributed by atoms with Crippen molar-refractivity contribution in [1.29, 1.82) is 0 Å². The van der Waals surface area contributed by atoms with Crippen molar-refractivity contribution in [3.05, 3.63) is 12.4 Å². The smallest absolute Gasteiger partial charge is 0.246 e. The Bertz CT molecular complexity index is 468. The van der Waals surface area contributed by atoms with Crippen LogP contribution in [0.25, 0.3) is 0 Å². The van der Waals surface area contributed by atoms with E-state index in [1.165, 1.54) is 21.4 Å². The van der Waals surface area contributed by atoms with Gasteiger partial charge in [0.1, 0.15) is 4.90 Å². The molecule has 0 N–H and O–H groups in total. The van der Waals surface area contributed by atoms with Gasteiger partial charge in [-0.05, 0) is 6.92 Å². The van der Waals surface area contributed by atoms with Crippen molar-refractivity contribution in [2.24, 2.45) is 7.05 Å². The average Bonchev–Trinajstić information content (AvgIpc) is 2.66. The van der Waals surface area contributed by atoms with Gasteiger partial charge in [-0.15, -0.1) is 0 Å². The third-order valence-corrected chi connectivity index (χ3v) is 4.56. The molecule has 6 nitrogen and oxygen atoms in total. The number of rotatable bonds is 2. The molecule has 0 unspecified atom stereocenters. The molecule has 2 rings (SSSR count). The average molecular weight is 245 g/mol. The minimum Gasteiger partial charge on any atom is -0.378 e. The van der Waals surface area contributed by atoms with Gasteiger partial charge in [-0.2, -0.15) is 9.40 Å². The third-order valence-electron chi connectivity index (χ3n) is 2.59. The summed E-state index contributed by atoms with van der Waals surface area (Å²) in [4.78, 5) is 0.240. The zero-order valence-corrected chi connectivity index (χ0v) is 10.1. The second-order valence-corrected chi connectivity index (χ2v) is 5.78. The molecule has 7 heteroatoms. The molecule has 1 aliphatic heterocycles. The van der Waals surface area contributed by atoms with Gasteiger partial charge in [0.25, 0.3) is 0 Å². The number of aromatic nitrogens is 2. The normalized spacial score (nSPS) is 23.5. The predicted molar refractivity (Wildman–Crippen MR) is 57.4 cm³/mol. The summed E-state index contributed by atoms with van der Waals surface area (Å²) in [5.74, 6) is 0. The maximum absolute atomic E-state index is 12.2. The van der Waals surface area contributed by atoms with E-state index >= 15 is 0 Å². The van der Waals surface area contributed by atoms with Crippen LogP contribution in [0.4, 0.5) is 0 Å². The molecular formula is C9H15N3O3S. The van der Waals surface area contributed by atoms with Crippen molar-refractivity contribution in [2.75, 3.05) is 19.8 Å². The molecule has 0 aliphatic carbocycles. The lowest BCUT2D eigenvalue weighted by atomic mass is 10.3. The Labute approximate surface area is 94.9 Å². The van der Waals surface area contributed by atoms with Crippen molar-refractivity contribution in [2.45, 2.75) is 17.9 Å². The number of sulfonamides is 1. The van der Waals surface area contributed by atoms with Crippen LogP contribution >= 0.6 is 0 Å². The first kappa shape index (κ1) is 11.6. The summed E-state index contributed by atoms with van der Waals surface area (Å²) in [5.41, 5.74) is 0. The van der Waals surface area contributed by atoms with Gasteiger partial charge < -0.3 is 4.74 Å². The molecule has 0 saturated carbocycles. The van der Waals surface area contributed by atoms with Crippen molar-refractivity contribution >= 4 is 10.0 Å². The first-order valence-electron chi connectivity index (χ1n) is 5.10. The van der Waals surface area contributed by atoms with E-state index < -0.39 is 10.0 Å². The molecule has 0 bridgehead atoms. The van der Waals surface area contributed by atoms with Crippen molar-refractivity contribution < 1.29 is 13.2 Å². The Morgan fingerprint density at radius 3 is 2.88 bits per heavy atom. The molecule has 1 atom stereocenters. The predicted octanol–water partition coefficient (Wildman–Crippen LogP) is -0.170. The maximum atomic E-state index is 12.2. The fraction of sp³-hybridized carbons (Fsp3) is 0.667. The Hall–Kier alpha value is -0.920. The highest BCUT2D eigenvalue weighted by molar-refractivity contribution is 7.89. The molecule has 1 saturated heterocycles. The molecule has 1 aromatic heterocycles. The largest absolute Gasteiger partial charge is 0.378 e. The molecule has 1 aromatic rings. The standard InChI is InChI=1S/C9H15N3O3S/c1-8-7-15-4-3-12(8)16(13,14)9-5-10-11(2)6-9/h5-6,8H,3-4,7H2,1-2H3/t8-/m0/s1. The Morgan fingerprint density at radius 1 is 1.56 bits per heavy atom. The number of ether oxygens (including phenoxy) is 1. The summed E-state index contributed by atoms with van der Waals surface area (Å²) in [7, 11) is -1.72. The van der Waals surface area contributed by atoms with E-state index in [9.17, 15) is 8.42 Å². The van der Waals surface area contributed by atoms with Gasteiger partial charge in [0, 0.05) is 25.8 Å². The highest BCUT2D eigenvalue weighted by Gasteiger charge is 2.32. The lowest BCUT2D eigenvalue weighted by Crippen LogP contribution is -2.46. The molecule has 0 spiro atoms. The summed E-state index contributed by atoms with van der Waals surface area (Å²) in [6, 6.07) is -0.126. The first-order valence-corrected chi connectivity index (χ1v) is 6.54. The summed E-state index contributed by atoms with van der Waals surface area (Å²) >= 11 is 0. The van der Waals surface area contributed by atoms with Crippen molar-refractivity contribution in [1.82, 2.24) is 14.1 Å². The van der Waals surface area contributed by atoms with Crippen LogP contribution in [-0.4, -0.2) is 48.3 Å². The van der Waals surface area contributed by atoms with Gasteiger partial charge in [0.15, 0.2) is 0 Å². The highest BCUT2D eigenvalue weighted by atomic mass is 32.2. The second-order valence-electron chi connectivity index (χ2n) is 3.89. The fourth-order valence-corrected chi connectivity index (χ4v) is 3.32. The van der Waals surface area contributed by atoms with Crippen LogP contribution in [0.1, 0.15) is 6.92 Å². The second kappa shape index (κ2) is 4.15. The van der Waals surface area contributed by atoms with Gasteiger partial charge in [-0.25, -0.2) is 8.42 Å². The van der Waals surface area contributed by atoms with E-state index in [0.29, 0.717) is 19.8 Å². The van der Waals surface area contributed by atoms with Gasteiger partial charge in [-0.3, -0.25) is 4.68 Å². The van der Waals surface area contributed by atoms with Crippen molar-refractivity contribution in [3.63, 3.8) is 0 Å². The Morgan fingerprint density at radius 2 is 2.31 bits per heavy atom. The monoisotopic (exact) mass is 245 g/mol. The number of nitrogens with zero attached hydrogens (tertiary/aromatic N) is 3. The van der Waals surface area contributed by atoms with Crippen LogP contribution in [0.15, 0.2) is 17.3 Å². The van der Waals surface area contributed by atoms with E-state index in [2.05, 4.69) is 5.10 Å². The lowest BCUT2D eigenvalue weighted by Gasteiger charge is -2.31. The number of aryl methyl sites for hydroxylation is 1. The summed E-state index contributed by atoms with van der Waals surface area (Å²) in [6.45, 7) is 3.13. The molecule has 16 heavy (non-hydrogen) atoms. The van der Waals surface area contributed by atoms with Crippen LogP contribution in [0.3, 0.4) is 0 Å². The summed E-state index contributed by atoms with van der Waals surface area (Å²) in [5, 5.41) is 3.88. The number of morpholine rings is 1. The van der Waals surface area contributed by atoms with Crippen LogP contribution in [-0.2, 0) is 21.8 Å². The quantitative estimate of drug-likeness (QED) is 0.725. The lowest BCUT2D eigenvalue weighted by molar-refractivity contribution is 0.0393. The van der Waals surface area contributed by atoms with E-state index in [1.807, 2.05) is 6.92 Å². The molecule has 2 heterocycles. The zero-order valence-electron chi connectivity index (χ0n) is 9.33. The molecule has 0 aromatic carbocycles. The molecular weight excluding hydrogens is 230 g/mol. The Kier molecular flexibility index (Phi) is 3.00. The van der Waals surface area contributed by atoms with E-state index in [1.54, 1.807) is 7.05 Å². The van der Waals surface area contributed by atoms with Crippen LogP contribution < -0.4 is 0 Å². The van der Waals surface area contributed by atoms with E-state index in [0.717, 1.165) is 0 Å². The van der Waals surface area contributed by atoms with Crippen LogP contribution in [0, 0.1) is 0 Å². The summed E-state index contributed by atoms with van der Waals surface area (Å²) in [6.07, 6.45) is 2.88. The van der Waals surface area contributed by atoms with E-state index in [-0.39, 0.29) is 10.9 Å². The Balaban J connectivity index is 2.31. The maximum Gasteiger partial charge on any atom is 0.246 e. The van der Waals surface area contributed by atoms with Crippen molar-refractivity contribution in [3.8, 4) is 0 Å². The number of hydrogen-bond donors (Lipinski definition) is 0. The van der Waals surface area contributed by atoms with E-state index in [4.69, 9.17) is 4.74 Å². The molecule has 0 radical (unpaired) electrons. The highest BCUT2D eigenvalue weighted by Crippen LogP contribution is 2.19. The third kappa shape index (κ3) is 1.98. The zero-order chi connectivity index (χ0) is 11.8. The molecule has 1 aliphatic rings. The topological polar surface area (TPSA) is 64.4 Å². The van der Waals surface area contributed by atoms with Gasteiger partial charge in [0.05, 0.1) is 19.4 Å². The first-order chi connectivity index (χ1) is 7.51. The van der Waals surface area contributed by atoms with Gasteiger partial charge in [-0.1, -0.05) is 0 Å². The van der Waals surface area contributed by atoms with Gasteiger partial charge >= 0.3 is 0 Å². The summed E-state index contributed by atoms with van der Waals surface area (Å²) < 4.78 is 32.6. The molecule has 0 amide bonds. The molecule has 90 valence electrons. The fourth-order valence-electron chi connectivity index (χ4n) is 1.74. The van der Waals surface area contributed by atoms with Gasteiger partial charge in [0.2, 0.25) is 10.0 Å². The number of hydrogen-bond acceptors (Lipinski definition) is 4. The minimum atomic E-state index is -3.42. The van der Waals surface area contributed by atoms with Crippen LogP contribution in [0.5, 0.6) is 0 Å². The SMILES string of the molecule is C[C@H]1COCCN1S(=O)(=O)c1cnn(C)c1.